The van der Waals surface area contributed by atoms with Crippen LogP contribution in [-0.2, 0) is 4.79 Å². The molecule has 5 nitrogen and oxygen atoms in total. The number of thioether (sulfide) groups is 1. The van der Waals surface area contributed by atoms with E-state index in [1.54, 1.807) is 6.33 Å². The van der Waals surface area contributed by atoms with Crippen molar-refractivity contribution in [3.8, 4) is 5.69 Å². The Kier molecular flexibility index (Phi) is 6.09. The summed E-state index contributed by atoms with van der Waals surface area (Å²) in [6, 6.07) is 10.9. The van der Waals surface area contributed by atoms with Crippen LogP contribution in [0.15, 0.2) is 47.9 Å². The number of carbonyl (C=O) groups is 1. The van der Waals surface area contributed by atoms with Crippen LogP contribution < -0.4 is 5.32 Å². The summed E-state index contributed by atoms with van der Waals surface area (Å²) in [4.78, 5) is 12.3. The van der Waals surface area contributed by atoms with Crippen LogP contribution in [0, 0.1) is 6.92 Å². The van der Waals surface area contributed by atoms with Gasteiger partial charge in [-0.1, -0.05) is 64.8 Å². The van der Waals surface area contributed by atoms with Crippen molar-refractivity contribution in [1.29, 1.82) is 0 Å². The highest BCUT2D eigenvalue weighted by Gasteiger charge is 2.14. The number of benzene rings is 2. The van der Waals surface area contributed by atoms with Gasteiger partial charge in [0, 0.05) is 5.02 Å². The third-order valence-electron chi connectivity index (χ3n) is 3.50. The van der Waals surface area contributed by atoms with Crippen LogP contribution in [0.2, 0.25) is 15.1 Å². The van der Waals surface area contributed by atoms with Gasteiger partial charge in [0.1, 0.15) is 6.33 Å². The molecule has 0 radical (unpaired) electrons. The Hall–Kier alpha value is -1.73. The number of rotatable bonds is 5. The Labute approximate surface area is 169 Å². The number of aromatic nitrogens is 3. The van der Waals surface area contributed by atoms with Gasteiger partial charge in [0.25, 0.3) is 0 Å². The Morgan fingerprint density at radius 1 is 1.19 bits per heavy atom. The van der Waals surface area contributed by atoms with Gasteiger partial charge in [-0.2, -0.15) is 0 Å². The maximum absolute atomic E-state index is 12.3. The average molecular weight is 428 g/mol. The van der Waals surface area contributed by atoms with Crippen LogP contribution in [-0.4, -0.2) is 26.4 Å². The fourth-order valence-corrected chi connectivity index (χ4v) is 3.92. The van der Waals surface area contributed by atoms with E-state index in [1.165, 1.54) is 23.9 Å². The monoisotopic (exact) mass is 426 g/mol. The van der Waals surface area contributed by atoms with E-state index in [0.717, 1.165) is 11.3 Å². The number of carbonyl (C=O) groups excluding carboxylic acids is 1. The lowest BCUT2D eigenvalue weighted by Gasteiger charge is -2.11. The molecule has 0 saturated heterocycles. The summed E-state index contributed by atoms with van der Waals surface area (Å²) in [6.45, 7) is 2.00. The lowest BCUT2D eigenvalue weighted by atomic mass is 10.2. The minimum atomic E-state index is -0.263. The quantitative estimate of drug-likeness (QED) is 0.564. The number of hydrogen-bond acceptors (Lipinski definition) is 4. The van der Waals surface area contributed by atoms with Gasteiger partial charge in [-0.3, -0.25) is 9.36 Å². The highest BCUT2D eigenvalue weighted by Crippen LogP contribution is 2.34. The van der Waals surface area contributed by atoms with Gasteiger partial charge in [0.15, 0.2) is 5.16 Å². The molecule has 0 aliphatic carbocycles. The number of anilines is 1. The van der Waals surface area contributed by atoms with E-state index in [-0.39, 0.29) is 21.7 Å². The number of nitrogens with one attached hydrogen (secondary N) is 1. The van der Waals surface area contributed by atoms with E-state index < -0.39 is 0 Å². The predicted octanol–water partition coefficient (Wildman–Crippen LogP) is 5.27. The van der Waals surface area contributed by atoms with Crippen molar-refractivity contribution in [2.24, 2.45) is 0 Å². The molecule has 0 bridgehead atoms. The van der Waals surface area contributed by atoms with Gasteiger partial charge < -0.3 is 5.32 Å². The molecule has 0 saturated carbocycles. The summed E-state index contributed by atoms with van der Waals surface area (Å²) in [5.41, 5.74) is 2.38. The van der Waals surface area contributed by atoms with Crippen LogP contribution in [0.5, 0.6) is 0 Å². The lowest BCUT2D eigenvalue weighted by molar-refractivity contribution is -0.113. The molecule has 1 amide bonds. The number of aryl methyl sites for hydroxylation is 1. The van der Waals surface area contributed by atoms with E-state index in [9.17, 15) is 4.79 Å². The Morgan fingerprint density at radius 3 is 2.58 bits per heavy atom. The van der Waals surface area contributed by atoms with Gasteiger partial charge in [-0.15, -0.1) is 10.2 Å². The van der Waals surface area contributed by atoms with Crippen molar-refractivity contribution in [3.05, 3.63) is 63.4 Å². The molecule has 9 heteroatoms. The third-order valence-corrected chi connectivity index (χ3v) is 5.25. The zero-order valence-corrected chi connectivity index (χ0v) is 16.6. The standard InChI is InChI=1S/C17H13Cl3N4OS/c1-10-4-2-3-5-14(10)24-9-21-23-17(24)26-8-15(25)22-16-12(19)6-11(18)7-13(16)20/h2-7,9H,8H2,1H3,(H,22,25). The number of hydrogen-bond donors (Lipinski definition) is 1. The molecule has 0 atom stereocenters. The summed E-state index contributed by atoms with van der Waals surface area (Å²) in [7, 11) is 0. The molecular weight excluding hydrogens is 415 g/mol. The fourth-order valence-electron chi connectivity index (χ4n) is 2.29. The second-order valence-corrected chi connectivity index (χ2v) is 7.54. The minimum Gasteiger partial charge on any atom is -0.323 e. The van der Waals surface area contributed by atoms with Crippen molar-refractivity contribution in [1.82, 2.24) is 14.8 Å². The van der Waals surface area contributed by atoms with E-state index in [2.05, 4.69) is 15.5 Å². The molecule has 1 aromatic heterocycles. The second-order valence-electron chi connectivity index (χ2n) is 5.35. The predicted molar refractivity (Wildman–Crippen MR) is 107 cm³/mol. The normalized spacial score (nSPS) is 10.8. The largest absolute Gasteiger partial charge is 0.323 e. The van der Waals surface area contributed by atoms with Crippen molar-refractivity contribution in [2.75, 3.05) is 11.1 Å². The number of amides is 1. The van der Waals surface area contributed by atoms with E-state index in [0.29, 0.717) is 15.9 Å². The van der Waals surface area contributed by atoms with Gasteiger partial charge >= 0.3 is 0 Å². The molecule has 1 N–H and O–H groups in total. The van der Waals surface area contributed by atoms with Gasteiger partial charge in [-0.25, -0.2) is 0 Å². The topological polar surface area (TPSA) is 59.8 Å². The smallest absolute Gasteiger partial charge is 0.234 e. The Balaban J connectivity index is 1.70. The first kappa shape index (κ1) is 19.0. The fraction of sp³-hybridized carbons (Fsp3) is 0.118. The van der Waals surface area contributed by atoms with Crippen LogP contribution in [0.4, 0.5) is 5.69 Å². The Morgan fingerprint density at radius 2 is 1.88 bits per heavy atom. The van der Waals surface area contributed by atoms with Gasteiger partial charge in [0.05, 0.1) is 27.2 Å². The summed E-state index contributed by atoms with van der Waals surface area (Å²) >= 11 is 19.3. The zero-order valence-electron chi connectivity index (χ0n) is 13.5. The maximum Gasteiger partial charge on any atom is 0.234 e. The van der Waals surface area contributed by atoms with Crippen LogP contribution in [0.1, 0.15) is 5.56 Å². The molecule has 1 heterocycles. The zero-order chi connectivity index (χ0) is 18.7. The van der Waals surface area contributed by atoms with Crippen molar-refractivity contribution < 1.29 is 4.79 Å². The molecule has 0 aliphatic rings. The lowest BCUT2D eigenvalue weighted by Crippen LogP contribution is -2.15. The molecule has 2 aromatic carbocycles. The maximum atomic E-state index is 12.3. The van der Waals surface area contributed by atoms with Crippen molar-refractivity contribution in [3.63, 3.8) is 0 Å². The second kappa shape index (κ2) is 8.31. The molecule has 0 spiro atoms. The molecule has 0 unspecified atom stereocenters. The number of nitrogens with zero attached hydrogens (tertiary/aromatic N) is 3. The van der Waals surface area contributed by atoms with Gasteiger partial charge in [-0.05, 0) is 30.7 Å². The number of halogens is 3. The van der Waals surface area contributed by atoms with Crippen LogP contribution in [0.3, 0.4) is 0 Å². The minimum absolute atomic E-state index is 0.125. The van der Waals surface area contributed by atoms with E-state index in [4.69, 9.17) is 34.8 Å². The number of para-hydroxylation sites is 1. The van der Waals surface area contributed by atoms with Crippen LogP contribution >= 0.6 is 46.6 Å². The van der Waals surface area contributed by atoms with E-state index in [1.807, 2.05) is 35.8 Å². The van der Waals surface area contributed by atoms with Crippen molar-refractivity contribution >= 4 is 58.2 Å². The average Bonchev–Trinajstić information content (AvgIpc) is 3.05. The molecule has 3 rings (SSSR count). The first-order valence-corrected chi connectivity index (χ1v) is 9.61. The molecule has 3 aromatic rings. The molecular formula is C17H13Cl3N4OS. The first-order chi connectivity index (χ1) is 12.5. The van der Waals surface area contributed by atoms with Gasteiger partial charge in [0.2, 0.25) is 5.91 Å². The highest BCUT2D eigenvalue weighted by atomic mass is 35.5. The summed E-state index contributed by atoms with van der Waals surface area (Å²) in [5.74, 6) is -0.139. The highest BCUT2D eigenvalue weighted by molar-refractivity contribution is 7.99. The van der Waals surface area contributed by atoms with Crippen LogP contribution in [0.25, 0.3) is 5.69 Å². The summed E-state index contributed by atoms with van der Waals surface area (Å²) in [5, 5.41) is 12.3. The Bertz CT molecular complexity index is 938. The molecule has 0 aliphatic heterocycles. The van der Waals surface area contributed by atoms with E-state index >= 15 is 0 Å². The first-order valence-electron chi connectivity index (χ1n) is 7.49. The summed E-state index contributed by atoms with van der Waals surface area (Å²) in [6.07, 6.45) is 1.62. The molecule has 134 valence electrons. The molecule has 0 fully saturated rings. The third kappa shape index (κ3) is 4.32. The molecule has 26 heavy (non-hydrogen) atoms. The summed E-state index contributed by atoms with van der Waals surface area (Å²) < 4.78 is 1.84. The SMILES string of the molecule is Cc1ccccc1-n1cnnc1SCC(=O)Nc1c(Cl)cc(Cl)cc1Cl. The van der Waals surface area contributed by atoms with Crippen molar-refractivity contribution in [2.45, 2.75) is 12.1 Å².